The minimum absolute atomic E-state index is 0.0103. The van der Waals surface area contributed by atoms with Crippen molar-refractivity contribution in [1.29, 1.82) is 0 Å². The summed E-state index contributed by atoms with van der Waals surface area (Å²) in [5.41, 5.74) is 1.79. The van der Waals surface area contributed by atoms with Crippen molar-refractivity contribution in [3.05, 3.63) is 35.4 Å². The first-order valence-corrected chi connectivity index (χ1v) is 6.09. The molecule has 0 aromatic heterocycles. The van der Waals surface area contributed by atoms with E-state index in [4.69, 9.17) is 4.74 Å². The number of hydrogen-bond donors (Lipinski definition) is 2. The van der Waals surface area contributed by atoms with Gasteiger partial charge in [-0.1, -0.05) is 24.3 Å². The molecular formula is C13H18N2O3. The normalized spacial score (nSPS) is 15.5. The molecule has 1 aliphatic rings. The summed E-state index contributed by atoms with van der Waals surface area (Å²) in [5, 5.41) is 12.1. The molecule has 1 saturated heterocycles. The first-order chi connectivity index (χ1) is 8.81. The van der Waals surface area contributed by atoms with Crippen LogP contribution in [-0.4, -0.2) is 42.3 Å². The van der Waals surface area contributed by atoms with Gasteiger partial charge in [0.05, 0.1) is 19.8 Å². The third kappa shape index (κ3) is 3.21. The van der Waals surface area contributed by atoms with Gasteiger partial charge in [0.1, 0.15) is 0 Å². The Balaban J connectivity index is 1.88. The number of hydrogen-bond acceptors (Lipinski definition) is 3. The largest absolute Gasteiger partial charge is 0.392 e. The lowest BCUT2D eigenvalue weighted by Gasteiger charge is -2.27. The van der Waals surface area contributed by atoms with Gasteiger partial charge >= 0.3 is 6.03 Å². The minimum atomic E-state index is -0.0777. The van der Waals surface area contributed by atoms with Crippen LogP contribution in [0.3, 0.4) is 0 Å². The van der Waals surface area contributed by atoms with Crippen molar-refractivity contribution >= 4 is 6.03 Å². The van der Waals surface area contributed by atoms with Crippen LogP contribution in [0, 0.1) is 0 Å². The topological polar surface area (TPSA) is 61.8 Å². The van der Waals surface area contributed by atoms with Gasteiger partial charge in [-0.2, -0.15) is 0 Å². The van der Waals surface area contributed by atoms with Gasteiger partial charge in [-0.3, -0.25) is 0 Å². The summed E-state index contributed by atoms with van der Waals surface area (Å²) >= 11 is 0. The number of amides is 2. The molecule has 1 fully saturated rings. The minimum Gasteiger partial charge on any atom is -0.392 e. The second-order valence-electron chi connectivity index (χ2n) is 4.18. The Labute approximate surface area is 106 Å². The molecule has 0 bridgehead atoms. The van der Waals surface area contributed by atoms with E-state index in [0.29, 0.717) is 32.8 Å². The quantitative estimate of drug-likeness (QED) is 0.831. The van der Waals surface area contributed by atoms with Crippen LogP contribution in [0.1, 0.15) is 11.1 Å². The van der Waals surface area contributed by atoms with Crippen LogP contribution in [0.4, 0.5) is 4.79 Å². The average Bonchev–Trinajstić information content (AvgIpc) is 2.46. The number of carbonyl (C=O) groups is 1. The molecule has 98 valence electrons. The van der Waals surface area contributed by atoms with Crippen LogP contribution in [0.15, 0.2) is 24.3 Å². The summed E-state index contributed by atoms with van der Waals surface area (Å²) in [7, 11) is 0. The van der Waals surface area contributed by atoms with Crippen molar-refractivity contribution in [2.75, 3.05) is 26.3 Å². The highest BCUT2D eigenvalue weighted by molar-refractivity contribution is 5.74. The molecule has 0 unspecified atom stereocenters. The number of aliphatic hydroxyl groups is 1. The van der Waals surface area contributed by atoms with Gasteiger partial charge in [-0.05, 0) is 11.1 Å². The molecule has 18 heavy (non-hydrogen) atoms. The Kier molecular flexibility index (Phi) is 4.55. The van der Waals surface area contributed by atoms with Crippen LogP contribution in [-0.2, 0) is 17.9 Å². The molecule has 1 aliphatic heterocycles. The predicted molar refractivity (Wildman–Crippen MR) is 67.0 cm³/mol. The van der Waals surface area contributed by atoms with E-state index in [-0.39, 0.29) is 12.6 Å². The number of morpholine rings is 1. The number of urea groups is 1. The zero-order valence-electron chi connectivity index (χ0n) is 10.3. The molecule has 2 amide bonds. The van der Waals surface area contributed by atoms with E-state index in [1.165, 1.54) is 0 Å². The van der Waals surface area contributed by atoms with E-state index in [1.54, 1.807) is 4.90 Å². The molecule has 2 rings (SSSR count). The van der Waals surface area contributed by atoms with Crippen molar-refractivity contribution in [2.45, 2.75) is 13.2 Å². The molecular weight excluding hydrogens is 232 g/mol. The number of aliphatic hydroxyl groups excluding tert-OH is 1. The van der Waals surface area contributed by atoms with Crippen LogP contribution < -0.4 is 5.32 Å². The summed E-state index contributed by atoms with van der Waals surface area (Å²) in [6, 6.07) is 7.46. The Morgan fingerprint density at radius 3 is 2.61 bits per heavy atom. The van der Waals surface area contributed by atoms with Crippen molar-refractivity contribution in [2.24, 2.45) is 0 Å². The summed E-state index contributed by atoms with van der Waals surface area (Å²) in [5.74, 6) is 0. The molecule has 1 heterocycles. The SMILES string of the molecule is O=C(NCc1ccccc1CO)N1CCOCC1. The van der Waals surface area contributed by atoms with E-state index in [2.05, 4.69) is 5.32 Å². The first kappa shape index (κ1) is 12.9. The Hall–Kier alpha value is -1.59. The zero-order valence-corrected chi connectivity index (χ0v) is 10.3. The molecule has 1 aromatic carbocycles. The van der Waals surface area contributed by atoms with Crippen LogP contribution >= 0.6 is 0 Å². The van der Waals surface area contributed by atoms with Crippen molar-refractivity contribution < 1.29 is 14.6 Å². The lowest BCUT2D eigenvalue weighted by molar-refractivity contribution is 0.0531. The molecule has 0 spiro atoms. The average molecular weight is 250 g/mol. The Bertz CT molecular complexity index is 403. The fourth-order valence-electron chi connectivity index (χ4n) is 1.93. The second kappa shape index (κ2) is 6.37. The van der Waals surface area contributed by atoms with Crippen molar-refractivity contribution in [3.8, 4) is 0 Å². The van der Waals surface area contributed by atoms with Gasteiger partial charge in [0.25, 0.3) is 0 Å². The number of rotatable bonds is 3. The van der Waals surface area contributed by atoms with Gasteiger partial charge in [0.2, 0.25) is 0 Å². The maximum Gasteiger partial charge on any atom is 0.317 e. The Morgan fingerprint density at radius 1 is 1.28 bits per heavy atom. The standard InChI is InChI=1S/C13H18N2O3/c16-10-12-4-2-1-3-11(12)9-14-13(17)15-5-7-18-8-6-15/h1-4,16H,5-10H2,(H,14,17). The van der Waals surface area contributed by atoms with E-state index in [0.717, 1.165) is 11.1 Å². The molecule has 0 radical (unpaired) electrons. The van der Waals surface area contributed by atoms with E-state index < -0.39 is 0 Å². The molecule has 5 nitrogen and oxygen atoms in total. The summed E-state index contributed by atoms with van der Waals surface area (Å²) in [4.78, 5) is 13.6. The third-order valence-corrected chi connectivity index (χ3v) is 3.02. The maximum absolute atomic E-state index is 11.9. The highest BCUT2D eigenvalue weighted by Gasteiger charge is 2.16. The number of ether oxygens (including phenoxy) is 1. The van der Waals surface area contributed by atoms with Crippen LogP contribution in [0.2, 0.25) is 0 Å². The molecule has 0 saturated carbocycles. The smallest absolute Gasteiger partial charge is 0.317 e. The van der Waals surface area contributed by atoms with E-state index >= 15 is 0 Å². The van der Waals surface area contributed by atoms with Crippen LogP contribution in [0.5, 0.6) is 0 Å². The van der Waals surface area contributed by atoms with E-state index in [9.17, 15) is 9.90 Å². The number of nitrogens with zero attached hydrogens (tertiary/aromatic N) is 1. The van der Waals surface area contributed by atoms with Gasteiger partial charge in [0, 0.05) is 19.6 Å². The van der Waals surface area contributed by atoms with Gasteiger partial charge in [-0.15, -0.1) is 0 Å². The molecule has 5 heteroatoms. The lowest BCUT2D eigenvalue weighted by Crippen LogP contribution is -2.45. The van der Waals surface area contributed by atoms with Gasteiger partial charge in [-0.25, -0.2) is 4.79 Å². The van der Waals surface area contributed by atoms with Gasteiger partial charge in [0.15, 0.2) is 0 Å². The number of carbonyl (C=O) groups excluding carboxylic acids is 1. The molecule has 0 atom stereocenters. The van der Waals surface area contributed by atoms with Gasteiger partial charge < -0.3 is 20.1 Å². The first-order valence-electron chi connectivity index (χ1n) is 6.09. The monoisotopic (exact) mass is 250 g/mol. The highest BCUT2D eigenvalue weighted by Crippen LogP contribution is 2.08. The van der Waals surface area contributed by atoms with Crippen molar-refractivity contribution in [1.82, 2.24) is 10.2 Å². The predicted octanol–water partition coefficient (Wildman–Crippen LogP) is 0.721. The fourth-order valence-corrected chi connectivity index (χ4v) is 1.93. The van der Waals surface area contributed by atoms with Crippen molar-refractivity contribution in [3.63, 3.8) is 0 Å². The zero-order chi connectivity index (χ0) is 12.8. The summed E-state index contributed by atoms with van der Waals surface area (Å²) in [6.45, 7) is 2.89. The molecule has 2 N–H and O–H groups in total. The third-order valence-electron chi connectivity index (χ3n) is 3.02. The highest BCUT2D eigenvalue weighted by atomic mass is 16.5. The van der Waals surface area contributed by atoms with E-state index in [1.807, 2.05) is 24.3 Å². The lowest BCUT2D eigenvalue weighted by atomic mass is 10.1. The number of benzene rings is 1. The fraction of sp³-hybridized carbons (Fsp3) is 0.462. The summed E-state index contributed by atoms with van der Waals surface area (Å²) < 4.78 is 5.19. The maximum atomic E-state index is 11.9. The molecule has 0 aliphatic carbocycles. The second-order valence-corrected chi connectivity index (χ2v) is 4.18. The van der Waals surface area contributed by atoms with Crippen LogP contribution in [0.25, 0.3) is 0 Å². The Morgan fingerprint density at radius 2 is 1.94 bits per heavy atom. The number of nitrogens with one attached hydrogen (secondary N) is 1. The molecule has 1 aromatic rings. The summed E-state index contributed by atoms with van der Waals surface area (Å²) in [6.07, 6.45) is 0.